The molecule has 0 spiro atoms. The summed E-state index contributed by atoms with van der Waals surface area (Å²) in [5.41, 5.74) is 0.683. The van der Waals surface area contributed by atoms with E-state index in [4.69, 9.17) is 16.3 Å². The second-order valence-corrected chi connectivity index (χ2v) is 2.49. The van der Waals surface area contributed by atoms with Crippen LogP contribution in [0.25, 0.3) is 0 Å². The fourth-order valence-electron chi connectivity index (χ4n) is 0.911. The molecule has 1 rings (SSSR count). The average molecular weight is 201 g/mol. The van der Waals surface area contributed by atoms with Crippen LogP contribution in [-0.2, 0) is 4.74 Å². The summed E-state index contributed by atoms with van der Waals surface area (Å²) in [6.45, 7) is 0.311. The summed E-state index contributed by atoms with van der Waals surface area (Å²) in [5.74, 6) is 0. The smallest absolute Gasteiger partial charge is 0.124 e. The summed E-state index contributed by atoms with van der Waals surface area (Å²) in [7, 11) is 0. The number of hydrogen-bond donors (Lipinski definition) is 0. The quantitative estimate of drug-likeness (QED) is 0.516. The normalized spacial score (nSPS) is 18.2. The van der Waals surface area contributed by atoms with E-state index in [0.717, 1.165) is 0 Å². The van der Waals surface area contributed by atoms with Crippen molar-refractivity contribution in [3.63, 3.8) is 0 Å². The van der Waals surface area contributed by atoms with Gasteiger partial charge < -0.3 is 9.64 Å². The van der Waals surface area contributed by atoms with Crippen molar-refractivity contribution in [3.05, 3.63) is 41.2 Å². The second kappa shape index (κ2) is 5.50. The van der Waals surface area contributed by atoms with Gasteiger partial charge >= 0.3 is 0 Å². The Hall–Kier alpha value is -1.13. The predicted octanol–water partition coefficient (Wildman–Crippen LogP) is 2.15. The molecule has 0 amide bonds. The number of nitrogens with zero attached hydrogens (tertiary/aromatic N) is 2. The SMILES string of the molecule is O=N/C=C1\C=CC=CN1COCCl. The highest BCUT2D eigenvalue weighted by molar-refractivity contribution is 6.17. The Balaban J connectivity index is 2.59. The van der Waals surface area contributed by atoms with Crippen molar-refractivity contribution in [1.29, 1.82) is 0 Å². The molecule has 0 aromatic heterocycles. The molecule has 0 saturated heterocycles. The zero-order valence-electron chi connectivity index (χ0n) is 6.89. The van der Waals surface area contributed by atoms with Crippen molar-refractivity contribution in [3.8, 4) is 0 Å². The molecule has 1 aliphatic heterocycles. The van der Waals surface area contributed by atoms with Crippen molar-refractivity contribution in [2.24, 2.45) is 5.18 Å². The van der Waals surface area contributed by atoms with Gasteiger partial charge in [-0.25, -0.2) is 0 Å². The Morgan fingerprint density at radius 3 is 3.15 bits per heavy atom. The van der Waals surface area contributed by atoms with E-state index in [-0.39, 0.29) is 6.07 Å². The van der Waals surface area contributed by atoms with E-state index in [1.165, 1.54) is 6.20 Å². The first-order chi connectivity index (χ1) is 6.38. The molecule has 0 fully saturated rings. The zero-order chi connectivity index (χ0) is 9.52. The minimum atomic E-state index is 0.121. The highest BCUT2D eigenvalue weighted by atomic mass is 35.5. The Morgan fingerprint density at radius 2 is 2.46 bits per heavy atom. The summed E-state index contributed by atoms with van der Waals surface area (Å²) >= 11 is 5.35. The van der Waals surface area contributed by atoms with Crippen LogP contribution in [0.2, 0.25) is 0 Å². The predicted molar refractivity (Wildman–Crippen MR) is 50.7 cm³/mol. The largest absolute Gasteiger partial charge is 0.345 e. The first-order valence-corrected chi connectivity index (χ1v) is 4.20. The Labute approximate surface area is 81.1 Å². The van der Waals surface area contributed by atoms with Crippen molar-refractivity contribution in [1.82, 2.24) is 4.90 Å². The molecule has 0 saturated carbocycles. The summed E-state index contributed by atoms with van der Waals surface area (Å²) in [6.07, 6.45) is 8.41. The molecule has 0 radical (unpaired) electrons. The molecule has 1 aliphatic rings. The molecule has 0 atom stereocenters. The Morgan fingerprint density at radius 1 is 1.62 bits per heavy atom. The molecule has 0 N–H and O–H groups in total. The number of nitroso groups, excluding NO2 is 1. The Bertz CT molecular complexity index is 261. The van der Waals surface area contributed by atoms with Crippen molar-refractivity contribution in [2.45, 2.75) is 0 Å². The Kier molecular flexibility index (Phi) is 4.21. The van der Waals surface area contributed by atoms with Gasteiger partial charge in [0.05, 0.1) is 11.9 Å². The number of allylic oxidation sites excluding steroid dienone is 3. The topological polar surface area (TPSA) is 41.9 Å². The number of rotatable bonds is 4. The van der Waals surface area contributed by atoms with E-state index in [1.807, 2.05) is 12.2 Å². The van der Waals surface area contributed by atoms with E-state index in [9.17, 15) is 4.91 Å². The van der Waals surface area contributed by atoms with Crippen LogP contribution in [0.1, 0.15) is 0 Å². The van der Waals surface area contributed by atoms with Crippen LogP contribution in [-0.4, -0.2) is 17.7 Å². The van der Waals surface area contributed by atoms with Gasteiger partial charge in [0.1, 0.15) is 12.8 Å². The fourth-order valence-corrected chi connectivity index (χ4v) is 0.980. The molecule has 0 aromatic rings. The summed E-state index contributed by atoms with van der Waals surface area (Å²) < 4.78 is 4.97. The number of halogens is 1. The van der Waals surface area contributed by atoms with Gasteiger partial charge in [0, 0.05) is 6.20 Å². The van der Waals surface area contributed by atoms with Crippen molar-refractivity contribution >= 4 is 11.6 Å². The number of alkyl halides is 1. The lowest BCUT2D eigenvalue weighted by Crippen LogP contribution is -2.20. The molecule has 13 heavy (non-hydrogen) atoms. The molecule has 4 nitrogen and oxygen atoms in total. The second-order valence-electron chi connectivity index (χ2n) is 2.27. The molecular formula is C8H9ClN2O2. The van der Waals surface area contributed by atoms with Gasteiger partial charge in [0.25, 0.3) is 0 Å². The van der Waals surface area contributed by atoms with Crippen LogP contribution in [0.3, 0.4) is 0 Å². The summed E-state index contributed by atoms with van der Waals surface area (Å²) in [5, 5.41) is 2.69. The van der Waals surface area contributed by atoms with Crippen LogP contribution in [0.5, 0.6) is 0 Å². The maximum Gasteiger partial charge on any atom is 0.124 e. The summed E-state index contributed by atoms with van der Waals surface area (Å²) in [6, 6.07) is 0.121. The van der Waals surface area contributed by atoms with E-state index in [1.54, 1.807) is 17.2 Å². The third kappa shape index (κ3) is 3.01. The molecule has 1 heterocycles. The maximum atomic E-state index is 10.0. The zero-order valence-corrected chi connectivity index (χ0v) is 7.65. The lowest BCUT2D eigenvalue weighted by atomic mass is 10.3. The fraction of sp³-hybridized carbons (Fsp3) is 0.250. The summed E-state index contributed by atoms with van der Waals surface area (Å²) in [4.78, 5) is 11.7. The minimum absolute atomic E-state index is 0.121. The highest BCUT2D eigenvalue weighted by Crippen LogP contribution is 2.12. The third-order valence-electron chi connectivity index (χ3n) is 1.47. The standard InChI is InChI=1S/C8H9ClN2O2/c9-6-13-7-11-4-2-1-3-8(11)5-10-12/h1-5H,6-7H2/b8-5+. The lowest BCUT2D eigenvalue weighted by Gasteiger charge is -2.21. The van der Waals surface area contributed by atoms with Crippen LogP contribution in [0.4, 0.5) is 0 Å². The van der Waals surface area contributed by atoms with Crippen molar-refractivity contribution < 1.29 is 4.74 Å². The monoisotopic (exact) mass is 200 g/mol. The number of ether oxygens (including phenoxy) is 1. The molecule has 0 aliphatic carbocycles. The van der Waals surface area contributed by atoms with E-state index in [0.29, 0.717) is 12.4 Å². The molecular weight excluding hydrogens is 192 g/mol. The molecule has 5 heteroatoms. The maximum absolute atomic E-state index is 10.0. The number of hydrogen-bond acceptors (Lipinski definition) is 4. The van der Waals surface area contributed by atoms with Crippen LogP contribution >= 0.6 is 11.6 Å². The molecule has 0 bridgehead atoms. The van der Waals surface area contributed by atoms with Gasteiger partial charge in [-0.05, 0) is 17.3 Å². The molecule has 0 aromatic carbocycles. The average Bonchev–Trinajstić information content (AvgIpc) is 2.17. The lowest BCUT2D eigenvalue weighted by molar-refractivity contribution is 0.103. The third-order valence-corrected chi connectivity index (χ3v) is 1.62. The highest BCUT2D eigenvalue weighted by Gasteiger charge is 2.05. The van der Waals surface area contributed by atoms with E-state index in [2.05, 4.69) is 5.18 Å². The first-order valence-electron chi connectivity index (χ1n) is 3.66. The van der Waals surface area contributed by atoms with Crippen LogP contribution < -0.4 is 0 Å². The van der Waals surface area contributed by atoms with Crippen molar-refractivity contribution in [2.75, 3.05) is 12.8 Å². The molecule has 0 unspecified atom stereocenters. The van der Waals surface area contributed by atoms with Crippen LogP contribution in [0.15, 0.2) is 41.5 Å². The van der Waals surface area contributed by atoms with Gasteiger partial charge in [0.15, 0.2) is 0 Å². The first kappa shape index (κ1) is 9.95. The van der Waals surface area contributed by atoms with Gasteiger partial charge in [-0.15, -0.1) is 4.91 Å². The van der Waals surface area contributed by atoms with Gasteiger partial charge in [0.2, 0.25) is 0 Å². The van der Waals surface area contributed by atoms with Gasteiger partial charge in [-0.3, -0.25) is 0 Å². The molecule has 70 valence electrons. The van der Waals surface area contributed by atoms with Gasteiger partial charge in [-0.2, -0.15) is 0 Å². The van der Waals surface area contributed by atoms with Crippen LogP contribution in [0, 0.1) is 4.91 Å². The van der Waals surface area contributed by atoms with E-state index >= 15 is 0 Å². The van der Waals surface area contributed by atoms with E-state index < -0.39 is 0 Å². The van der Waals surface area contributed by atoms with Gasteiger partial charge in [-0.1, -0.05) is 17.7 Å². The minimum Gasteiger partial charge on any atom is -0.345 e.